The van der Waals surface area contributed by atoms with Gasteiger partial charge in [0.2, 0.25) is 11.8 Å². The van der Waals surface area contributed by atoms with E-state index in [-0.39, 0.29) is 34.2 Å². The summed E-state index contributed by atoms with van der Waals surface area (Å²) in [6.45, 7) is 2.18. The van der Waals surface area contributed by atoms with Crippen LogP contribution in [0.25, 0.3) is 0 Å². The normalized spacial score (nSPS) is 16.1. The molecule has 158 valence electrons. The number of nitrogens with zero attached hydrogens (tertiary/aromatic N) is 3. The number of amides is 4. The van der Waals surface area contributed by atoms with E-state index in [9.17, 15) is 19.2 Å². The SMILES string of the molecule is CON=C(C(=O)NC1CN(SCCNC(C)=O)C1=O)c1csc(NC(=O)CCl)n1. The van der Waals surface area contributed by atoms with Crippen LogP contribution in [0, 0.1) is 0 Å². The number of halogens is 1. The van der Waals surface area contributed by atoms with Crippen LogP contribution in [0.15, 0.2) is 10.5 Å². The minimum atomic E-state index is -0.688. The topological polar surface area (TPSA) is 142 Å². The van der Waals surface area contributed by atoms with Crippen molar-refractivity contribution in [3.05, 3.63) is 11.1 Å². The van der Waals surface area contributed by atoms with Crippen molar-refractivity contribution in [3.8, 4) is 0 Å². The molecule has 1 aliphatic rings. The van der Waals surface area contributed by atoms with E-state index in [1.54, 1.807) is 0 Å². The lowest BCUT2D eigenvalue weighted by Gasteiger charge is -2.37. The minimum Gasteiger partial charge on any atom is -0.398 e. The van der Waals surface area contributed by atoms with Crippen molar-refractivity contribution in [1.82, 2.24) is 19.9 Å². The van der Waals surface area contributed by atoms with E-state index in [1.165, 1.54) is 35.7 Å². The Labute approximate surface area is 179 Å². The van der Waals surface area contributed by atoms with Crippen molar-refractivity contribution in [1.29, 1.82) is 0 Å². The molecule has 0 aromatic carbocycles. The van der Waals surface area contributed by atoms with Gasteiger partial charge in [-0.05, 0) is 11.9 Å². The molecule has 0 spiro atoms. The maximum Gasteiger partial charge on any atom is 0.276 e. The molecule has 1 aromatic rings. The van der Waals surface area contributed by atoms with Gasteiger partial charge in [-0.1, -0.05) is 5.16 Å². The average Bonchev–Trinajstić information content (AvgIpc) is 3.14. The van der Waals surface area contributed by atoms with Crippen molar-refractivity contribution < 1.29 is 24.0 Å². The number of carbonyl (C=O) groups is 4. The molecule has 1 aromatic heterocycles. The number of alkyl halides is 1. The van der Waals surface area contributed by atoms with Crippen LogP contribution in [0.1, 0.15) is 12.6 Å². The lowest BCUT2D eigenvalue weighted by Crippen LogP contribution is -2.62. The Kier molecular flexibility index (Phi) is 8.67. The number of β-lactam (4-membered cyclic amide) rings is 1. The molecule has 4 amide bonds. The van der Waals surface area contributed by atoms with E-state index < -0.39 is 17.9 Å². The lowest BCUT2D eigenvalue weighted by molar-refractivity contribution is -0.138. The Hall–Kier alpha value is -2.38. The van der Waals surface area contributed by atoms with Gasteiger partial charge in [0.25, 0.3) is 11.8 Å². The summed E-state index contributed by atoms with van der Waals surface area (Å²) in [4.78, 5) is 55.6. The van der Waals surface area contributed by atoms with Gasteiger partial charge in [-0.2, -0.15) is 0 Å². The zero-order valence-electron chi connectivity index (χ0n) is 15.6. The maximum atomic E-state index is 12.5. The predicted molar refractivity (Wildman–Crippen MR) is 110 cm³/mol. The van der Waals surface area contributed by atoms with E-state index in [2.05, 4.69) is 26.1 Å². The van der Waals surface area contributed by atoms with Crippen molar-refractivity contribution in [2.75, 3.05) is 37.1 Å². The van der Waals surface area contributed by atoms with Crippen molar-refractivity contribution in [3.63, 3.8) is 0 Å². The minimum absolute atomic E-state index is 0.125. The fourth-order valence-corrected chi connectivity index (χ4v) is 3.82. The third-order valence-corrected chi connectivity index (χ3v) is 5.46. The van der Waals surface area contributed by atoms with Gasteiger partial charge in [-0.3, -0.25) is 23.5 Å². The summed E-state index contributed by atoms with van der Waals surface area (Å²) in [5.41, 5.74) is 0.0622. The standard InChI is InChI=1S/C15H19ClN6O5S2/c1-8(23)17-3-4-29-22-6-9(14(22)26)18-13(25)12(21-27-2)10-7-28-15(19-10)20-11(24)5-16/h7,9H,3-6H2,1-2H3,(H,17,23)(H,18,25)(H,19,20,24). The molecule has 14 heteroatoms. The molecular formula is C15H19ClN6O5S2. The molecule has 1 aliphatic heterocycles. The highest BCUT2D eigenvalue weighted by Gasteiger charge is 2.39. The average molecular weight is 463 g/mol. The first-order valence-corrected chi connectivity index (χ1v) is 10.6. The van der Waals surface area contributed by atoms with Crippen LogP contribution in [0.2, 0.25) is 0 Å². The number of nitrogens with one attached hydrogen (secondary N) is 3. The second kappa shape index (κ2) is 11.0. The smallest absolute Gasteiger partial charge is 0.276 e. The van der Waals surface area contributed by atoms with E-state index >= 15 is 0 Å². The molecule has 2 rings (SSSR count). The summed E-state index contributed by atoms with van der Waals surface area (Å²) >= 11 is 7.79. The highest BCUT2D eigenvalue weighted by molar-refractivity contribution is 7.97. The zero-order valence-corrected chi connectivity index (χ0v) is 17.9. The summed E-state index contributed by atoms with van der Waals surface area (Å²) in [7, 11) is 1.28. The number of oxime groups is 1. The van der Waals surface area contributed by atoms with Crippen LogP contribution < -0.4 is 16.0 Å². The van der Waals surface area contributed by atoms with Gasteiger partial charge >= 0.3 is 0 Å². The molecule has 0 bridgehead atoms. The van der Waals surface area contributed by atoms with Gasteiger partial charge in [0.15, 0.2) is 10.8 Å². The largest absolute Gasteiger partial charge is 0.398 e. The van der Waals surface area contributed by atoms with Gasteiger partial charge in [0, 0.05) is 24.6 Å². The van der Waals surface area contributed by atoms with Crippen LogP contribution in [-0.2, 0) is 24.0 Å². The van der Waals surface area contributed by atoms with Gasteiger partial charge in [0.05, 0.1) is 6.54 Å². The number of carbonyl (C=O) groups excluding carboxylic acids is 4. The van der Waals surface area contributed by atoms with Crippen LogP contribution in [0.4, 0.5) is 5.13 Å². The molecule has 3 N–H and O–H groups in total. The number of anilines is 1. The van der Waals surface area contributed by atoms with Crippen LogP contribution >= 0.6 is 34.9 Å². The molecule has 11 nitrogen and oxygen atoms in total. The Morgan fingerprint density at radius 3 is 2.86 bits per heavy atom. The Balaban J connectivity index is 1.89. The van der Waals surface area contributed by atoms with E-state index in [0.717, 1.165) is 11.3 Å². The first-order chi connectivity index (χ1) is 13.8. The first kappa shape index (κ1) is 22.9. The van der Waals surface area contributed by atoms with Crippen molar-refractivity contribution in [2.24, 2.45) is 5.16 Å². The molecule has 1 atom stereocenters. The van der Waals surface area contributed by atoms with Crippen LogP contribution in [0.3, 0.4) is 0 Å². The second-order valence-corrected chi connectivity index (χ2v) is 7.82. The summed E-state index contributed by atoms with van der Waals surface area (Å²) in [6, 6.07) is -0.688. The second-order valence-electron chi connectivity index (χ2n) is 5.58. The van der Waals surface area contributed by atoms with Crippen molar-refractivity contribution in [2.45, 2.75) is 13.0 Å². The Morgan fingerprint density at radius 1 is 1.48 bits per heavy atom. The third kappa shape index (κ3) is 6.58. The van der Waals surface area contributed by atoms with Gasteiger partial charge in [-0.15, -0.1) is 22.9 Å². The number of rotatable bonds is 10. The summed E-state index contributed by atoms with van der Waals surface area (Å²) in [5.74, 6) is -1.14. The predicted octanol–water partition coefficient (Wildman–Crippen LogP) is -0.218. The molecule has 29 heavy (non-hydrogen) atoms. The molecule has 1 unspecified atom stereocenters. The Morgan fingerprint density at radius 2 is 2.24 bits per heavy atom. The lowest BCUT2D eigenvalue weighted by atomic mass is 10.1. The van der Waals surface area contributed by atoms with Gasteiger partial charge in [-0.25, -0.2) is 4.98 Å². The highest BCUT2D eigenvalue weighted by Crippen LogP contribution is 2.21. The van der Waals surface area contributed by atoms with E-state index in [1.807, 2.05) is 0 Å². The first-order valence-electron chi connectivity index (χ1n) is 8.28. The van der Waals surface area contributed by atoms with Gasteiger partial charge < -0.3 is 20.8 Å². The number of aromatic nitrogens is 1. The van der Waals surface area contributed by atoms with E-state index in [4.69, 9.17) is 16.4 Å². The highest BCUT2D eigenvalue weighted by atomic mass is 35.5. The molecule has 1 fully saturated rings. The maximum absolute atomic E-state index is 12.5. The summed E-state index contributed by atoms with van der Waals surface area (Å²) in [5, 5.41) is 13.1. The fraction of sp³-hybridized carbons (Fsp3) is 0.467. The molecule has 0 saturated carbocycles. The monoisotopic (exact) mass is 462 g/mol. The van der Waals surface area contributed by atoms with E-state index in [0.29, 0.717) is 18.8 Å². The third-order valence-electron chi connectivity index (χ3n) is 3.43. The summed E-state index contributed by atoms with van der Waals surface area (Å²) < 4.78 is 1.50. The molecular weight excluding hydrogens is 444 g/mol. The van der Waals surface area contributed by atoms with Crippen LogP contribution in [-0.4, -0.2) is 76.5 Å². The summed E-state index contributed by atoms with van der Waals surface area (Å²) in [6.07, 6.45) is 0. The fourth-order valence-electron chi connectivity index (χ4n) is 2.12. The molecule has 2 heterocycles. The van der Waals surface area contributed by atoms with Gasteiger partial charge in [0.1, 0.15) is 24.7 Å². The van der Waals surface area contributed by atoms with Crippen LogP contribution in [0.5, 0.6) is 0 Å². The molecule has 1 saturated heterocycles. The Bertz CT molecular complexity index is 817. The number of hydrogen-bond donors (Lipinski definition) is 3. The molecule has 0 aliphatic carbocycles. The quantitative estimate of drug-likeness (QED) is 0.109. The molecule has 0 radical (unpaired) electrons. The number of thiazole rings is 1. The zero-order chi connectivity index (χ0) is 21.4. The number of hydrogen-bond acceptors (Lipinski definition) is 9. The van der Waals surface area contributed by atoms with Crippen molar-refractivity contribution >= 4 is 69.4 Å².